The number of thioether (sulfide) groups is 1. The summed E-state index contributed by atoms with van der Waals surface area (Å²) in [6.45, 7) is 1.20. The van der Waals surface area contributed by atoms with Gasteiger partial charge in [0.1, 0.15) is 16.3 Å². The number of ketones is 2. The first kappa shape index (κ1) is 20.3. The summed E-state index contributed by atoms with van der Waals surface area (Å²) < 4.78 is 6.52. The van der Waals surface area contributed by atoms with E-state index in [1.54, 1.807) is 36.4 Å². The summed E-state index contributed by atoms with van der Waals surface area (Å²) >= 11 is 7.46. The van der Waals surface area contributed by atoms with Crippen LogP contribution in [0.1, 0.15) is 45.5 Å². The molecular formula is C24H20ClNO4S. The maximum absolute atomic E-state index is 13.0. The Morgan fingerprint density at radius 1 is 1.00 bits per heavy atom. The number of ether oxygens (including phenoxy) is 1. The zero-order chi connectivity index (χ0) is 21.6. The number of allylic oxidation sites excluding steroid dienone is 1. The molecule has 0 N–H and O–H groups in total. The van der Waals surface area contributed by atoms with Crippen molar-refractivity contribution in [2.45, 2.75) is 24.9 Å². The van der Waals surface area contributed by atoms with Crippen molar-refractivity contribution in [3.8, 4) is 0 Å². The lowest BCUT2D eigenvalue weighted by atomic mass is 9.91. The lowest BCUT2D eigenvalue weighted by molar-refractivity contribution is -0.111. The molecule has 1 aliphatic carbocycles. The minimum absolute atomic E-state index is 0.0355. The Balaban J connectivity index is 1.39. The van der Waals surface area contributed by atoms with E-state index >= 15 is 0 Å². The van der Waals surface area contributed by atoms with E-state index in [0.717, 1.165) is 12.8 Å². The van der Waals surface area contributed by atoms with Gasteiger partial charge in [-0.1, -0.05) is 41.9 Å². The van der Waals surface area contributed by atoms with Crippen LogP contribution in [-0.4, -0.2) is 46.8 Å². The molecule has 2 aliphatic heterocycles. The maximum atomic E-state index is 13.0. The first-order valence-electron chi connectivity index (χ1n) is 10.3. The average Bonchev–Trinajstić information content (AvgIpc) is 2.99. The molecule has 2 heterocycles. The molecule has 0 aromatic heterocycles. The maximum Gasteiger partial charge on any atom is 0.253 e. The molecule has 7 heteroatoms. The van der Waals surface area contributed by atoms with E-state index in [-0.39, 0.29) is 5.91 Å². The third kappa shape index (κ3) is 3.58. The van der Waals surface area contributed by atoms with Crippen molar-refractivity contribution in [2.24, 2.45) is 0 Å². The standard InChI is InChI=1S/C24H20ClNO4S/c25-16-6-3-5-15(13-16)23(29)26-11-4-9-24(10-12-26)14-31-22-20(28)19(27)17-7-1-2-8-18(17)21(22)30-24/h1-3,5-8,13H,4,9-12,14H2. The Bertz CT molecular complexity index is 1140. The summed E-state index contributed by atoms with van der Waals surface area (Å²) in [7, 11) is 0. The molecule has 3 aliphatic rings. The highest BCUT2D eigenvalue weighted by atomic mass is 35.5. The molecule has 0 bridgehead atoms. The van der Waals surface area contributed by atoms with Crippen molar-refractivity contribution >= 4 is 46.6 Å². The quantitative estimate of drug-likeness (QED) is 0.590. The summed E-state index contributed by atoms with van der Waals surface area (Å²) in [5.74, 6) is 0.116. The number of likely N-dealkylation sites (tertiary alicyclic amines) is 1. The largest absolute Gasteiger partial charge is 0.484 e. The molecule has 1 unspecified atom stereocenters. The molecule has 2 aromatic carbocycles. The van der Waals surface area contributed by atoms with Crippen LogP contribution in [0.15, 0.2) is 53.4 Å². The van der Waals surface area contributed by atoms with Gasteiger partial charge >= 0.3 is 0 Å². The molecular weight excluding hydrogens is 434 g/mol. The van der Waals surface area contributed by atoms with E-state index in [4.69, 9.17) is 16.3 Å². The number of benzene rings is 2. The molecule has 1 atom stereocenters. The van der Waals surface area contributed by atoms with Crippen molar-refractivity contribution in [1.82, 2.24) is 4.90 Å². The van der Waals surface area contributed by atoms with Crippen molar-refractivity contribution in [3.05, 3.63) is 75.1 Å². The van der Waals surface area contributed by atoms with Crippen molar-refractivity contribution in [2.75, 3.05) is 18.8 Å². The molecule has 31 heavy (non-hydrogen) atoms. The van der Waals surface area contributed by atoms with Gasteiger partial charge in [-0.3, -0.25) is 14.4 Å². The number of hydrogen-bond donors (Lipinski definition) is 0. The van der Waals surface area contributed by atoms with Gasteiger partial charge in [-0.25, -0.2) is 0 Å². The molecule has 5 nitrogen and oxygen atoms in total. The Kier molecular flexibility index (Phi) is 5.15. The van der Waals surface area contributed by atoms with E-state index in [1.165, 1.54) is 11.8 Å². The highest BCUT2D eigenvalue weighted by Crippen LogP contribution is 2.47. The summed E-state index contributed by atoms with van der Waals surface area (Å²) in [4.78, 5) is 40.3. The van der Waals surface area contributed by atoms with Gasteiger partial charge < -0.3 is 9.64 Å². The van der Waals surface area contributed by atoms with E-state index in [9.17, 15) is 14.4 Å². The number of carbonyl (C=O) groups is 3. The molecule has 1 saturated heterocycles. The number of amides is 1. The van der Waals surface area contributed by atoms with Crippen LogP contribution in [0.4, 0.5) is 0 Å². The lowest BCUT2D eigenvalue weighted by Crippen LogP contribution is -2.41. The van der Waals surface area contributed by atoms with Gasteiger partial charge in [0, 0.05) is 47.0 Å². The second kappa shape index (κ2) is 7.84. The van der Waals surface area contributed by atoms with Crippen LogP contribution in [0.5, 0.6) is 0 Å². The summed E-state index contributed by atoms with van der Waals surface area (Å²) in [5, 5.41) is 0.541. The zero-order valence-corrected chi connectivity index (χ0v) is 18.3. The van der Waals surface area contributed by atoms with Crippen LogP contribution >= 0.6 is 23.4 Å². The highest BCUT2D eigenvalue weighted by molar-refractivity contribution is 8.04. The molecule has 5 rings (SSSR count). The average molecular weight is 454 g/mol. The molecule has 2 aromatic rings. The molecule has 0 radical (unpaired) electrons. The molecule has 1 amide bonds. The molecule has 1 spiro atoms. The number of fused-ring (bicyclic) bond motifs is 2. The van der Waals surface area contributed by atoms with Gasteiger partial charge in [-0.2, -0.15) is 0 Å². The van der Waals surface area contributed by atoms with Gasteiger partial charge in [0.25, 0.3) is 5.91 Å². The monoisotopic (exact) mass is 453 g/mol. The van der Waals surface area contributed by atoms with Crippen LogP contribution < -0.4 is 0 Å². The number of halogens is 1. The smallest absolute Gasteiger partial charge is 0.253 e. The van der Waals surface area contributed by atoms with Crippen molar-refractivity contribution in [1.29, 1.82) is 0 Å². The Labute approximate surface area is 189 Å². The van der Waals surface area contributed by atoms with Crippen molar-refractivity contribution in [3.63, 3.8) is 0 Å². The lowest BCUT2D eigenvalue weighted by Gasteiger charge is -2.40. The first-order chi connectivity index (χ1) is 15.0. The third-order valence-electron chi connectivity index (χ3n) is 6.09. The van der Waals surface area contributed by atoms with Crippen LogP contribution in [-0.2, 0) is 9.53 Å². The fraction of sp³-hybridized carbons (Fsp3) is 0.292. The minimum Gasteiger partial charge on any atom is -0.484 e. The minimum atomic E-state index is -0.486. The second-order valence-electron chi connectivity index (χ2n) is 8.09. The van der Waals surface area contributed by atoms with Crippen LogP contribution in [0.2, 0.25) is 5.02 Å². The fourth-order valence-corrected chi connectivity index (χ4v) is 5.89. The van der Waals surface area contributed by atoms with Gasteiger partial charge in [0.15, 0.2) is 0 Å². The first-order valence-corrected chi connectivity index (χ1v) is 11.6. The summed E-state index contributed by atoms with van der Waals surface area (Å²) in [6, 6.07) is 14.1. The number of carbonyl (C=O) groups excluding carboxylic acids is 3. The predicted octanol–water partition coefficient (Wildman–Crippen LogP) is 4.60. The molecule has 0 saturated carbocycles. The van der Waals surface area contributed by atoms with Gasteiger partial charge in [0.2, 0.25) is 11.6 Å². The number of hydrogen-bond acceptors (Lipinski definition) is 5. The Morgan fingerprint density at radius 2 is 1.81 bits per heavy atom. The Morgan fingerprint density at radius 3 is 2.61 bits per heavy atom. The zero-order valence-electron chi connectivity index (χ0n) is 16.7. The highest BCUT2D eigenvalue weighted by Gasteiger charge is 2.45. The second-order valence-corrected chi connectivity index (χ2v) is 9.51. The SMILES string of the molecule is O=C1C(=O)c2ccccc2C2=C1SCC1(CCCN(C(=O)c3cccc(Cl)c3)CC1)O2. The van der Waals surface area contributed by atoms with E-state index < -0.39 is 17.2 Å². The van der Waals surface area contributed by atoms with Crippen LogP contribution in [0, 0.1) is 0 Å². The normalized spacial score (nSPS) is 23.2. The van der Waals surface area contributed by atoms with Gasteiger partial charge in [0.05, 0.1) is 0 Å². The van der Waals surface area contributed by atoms with Crippen LogP contribution in [0.25, 0.3) is 5.76 Å². The van der Waals surface area contributed by atoms with Gasteiger partial charge in [-0.05, 0) is 31.0 Å². The third-order valence-corrected chi connectivity index (χ3v) is 7.65. The molecule has 1 fully saturated rings. The topological polar surface area (TPSA) is 63.7 Å². The summed E-state index contributed by atoms with van der Waals surface area (Å²) in [5.41, 5.74) is 1.19. The number of rotatable bonds is 1. The Hall–Kier alpha value is -2.57. The predicted molar refractivity (Wildman–Crippen MR) is 120 cm³/mol. The number of Topliss-reactive ketones (excluding diaryl/α,β-unsaturated/α-hetero) is 2. The fourth-order valence-electron chi connectivity index (χ4n) is 4.43. The summed E-state index contributed by atoms with van der Waals surface area (Å²) in [6.07, 6.45) is 2.23. The van der Waals surface area contributed by atoms with E-state index in [0.29, 0.717) is 57.6 Å². The molecule has 158 valence electrons. The van der Waals surface area contributed by atoms with E-state index in [1.807, 2.05) is 17.0 Å². The van der Waals surface area contributed by atoms with Crippen LogP contribution in [0.3, 0.4) is 0 Å². The van der Waals surface area contributed by atoms with E-state index in [2.05, 4.69) is 0 Å². The van der Waals surface area contributed by atoms with Gasteiger partial charge in [-0.15, -0.1) is 11.8 Å². The van der Waals surface area contributed by atoms with Crippen molar-refractivity contribution < 1.29 is 19.1 Å². The number of nitrogens with zero attached hydrogens (tertiary/aromatic N) is 1.